The molecule has 2 aromatic carbocycles. The van der Waals surface area contributed by atoms with Crippen LogP contribution in [0.2, 0.25) is 5.28 Å². The Kier molecular flexibility index (Phi) is 3.24. The van der Waals surface area contributed by atoms with Crippen LogP contribution in [0.25, 0.3) is 17.1 Å². The molecule has 3 aromatic rings. The number of aryl methyl sites for hydroxylation is 1. The lowest BCUT2D eigenvalue weighted by Crippen LogP contribution is -1.96. The lowest BCUT2D eigenvalue weighted by molar-refractivity contribution is 0.627. The molecule has 0 atom stereocenters. The summed E-state index contributed by atoms with van der Waals surface area (Å²) in [6.45, 7) is 2.00. The van der Waals surface area contributed by atoms with Crippen LogP contribution < -0.4 is 0 Å². The molecule has 0 aliphatic rings. The van der Waals surface area contributed by atoms with Gasteiger partial charge in [-0.3, -0.25) is 0 Å². The Balaban J connectivity index is 2.05. The van der Waals surface area contributed by atoms with E-state index in [0.29, 0.717) is 11.5 Å². The highest BCUT2D eigenvalue weighted by Crippen LogP contribution is 2.21. The van der Waals surface area contributed by atoms with Crippen LogP contribution in [0.1, 0.15) is 5.56 Å². The summed E-state index contributed by atoms with van der Waals surface area (Å²) in [5.41, 5.74) is 2.69. The molecular weight excluding hydrogens is 277 g/mol. The van der Waals surface area contributed by atoms with Gasteiger partial charge in [-0.25, -0.2) is 9.07 Å². The van der Waals surface area contributed by atoms with Gasteiger partial charge < -0.3 is 0 Å². The zero-order valence-electron chi connectivity index (χ0n) is 10.7. The van der Waals surface area contributed by atoms with Crippen LogP contribution in [-0.2, 0) is 0 Å². The Morgan fingerprint density at radius 2 is 1.85 bits per heavy atom. The molecule has 20 heavy (non-hydrogen) atoms. The SMILES string of the molecule is Cc1cccc(-c2nc(Cl)n(-c3ccc(F)cc3)n2)c1. The minimum absolute atomic E-state index is 0.244. The fraction of sp³-hybridized carbons (Fsp3) is 0.0667. The van der Waals surface area contributed by atoms with Gasteiger partial charge in [0.25, 0.3) is 0 Å². The number of hydrogen-bond donors (Lipinski definition) is 0. The van der Waals surface area contributed by atoms with E-state index in [9.17, 15) is 4.39 Å². The van der Waals surface area contributed by atoms with Crippen molar-refractivity contribution in [1.29, 1.82) is 0 Å². The summed E-state index contributed by atoms with van der Waals surface area (Å²) in [5.74, 6) is 0.243. The maximum atomic E-state index is 12.9. The molecule has 1 aromatic heterocycles. The summed E-state index contributed by atoms with van der Waals surface area (Å²) in [6.07, 6.45) is 0. The van der Waals surface area contributed by atoms with Crippen molar-refractivity contribution in [2.75, 3.05) is 0 Å². The van der Waals surface area contributed by atoms with Crippen molar-refractivity contribution >= 4 is 11.6 Å². The van der Waals surface area contributed by atoms with Gasteiger partial charge in [0, 0.05) is 5.56 Å². The maximum Gasteiger partial charge on any atom is 0.226 e. The second kappa shape index (κ2) is 5.06. The molecule has 0 saturated heterocycles. The molecule has 0 N–H and O–H groups in total. The molecule has 3 nitrogen and oxygen atoms in total. The van der Waals surface area contributed by atoms with Crippen LogP contribution in [0.15, 0.2) is 48.5 Å². The number of halogens is 2. The Morgan fingerprint density at radius 3 is 2.55 bits per heavy atom. The summed E-state index contributed by atoms with van der Waals surface area (Å²) in [7, 11) is 0. The molecule has 0 radical (unpaired) electrons. The van der Waals surface area contributed by atoms with Gasteiger partial charge in [-0.05, 0) is 48.9 Å². The van der Waals surface area contributed by atoms with Crippen molar-refractivity contribution in [3.05, 3.63) is 65.2 Å². The van der Waals surface area contributed by atoms with Crippen LogP contribution in [0.4, 0.5) is 4.39 Å². The van der Waals surface area contributed by atoms with Crippen molar-refractivity contribution in [3.63, 3.8) is 0 Å². The van der Waals surface area contributed by atoms with E-state index in [1.165, 1.54) is 16.8 Å². The zero-order chi connectivity index (χ0) is 14.1. The van der Waals surface area contributed by atoms with Crippen LogP contribution in [-0.4, -0.2) is 14.8 Å². The van der Waals surface area contributed by atoms with Crippen molar-refractivity contribution in [2.45, 2.75) is 6.92 Å². The van der Waals surface area contributed by atoms with Crippen LogP contribution in [0, 0.1) is 12.7 Å². The standard InChI is InChI=1S/C15H11ClFN3/c1-10-3-2-4-11(9-10)14-18-15(16)20(19-14)13-7-5-12(17)6-8-13/h2-9H,1H3. The number of benzene rings is 2. The van der Waals surface area contributed by atoms with Gasteiger partial charge in [0.2, 0.25) is 5.28 Å². The van der Waals surface area contributed by atoms with Crippen molar-refractivity contribution in [3.8, 4) is 17.1 Å². The van der Waals surface area contributed by atoms with E-state index in [-0.39, 0.29) is 11.1 Å². The first kappa shape index (κ1) is 12.8. The van der Waals surface area contributed by atoms with Gasteiger partial charge in [-0.2, -0.15) is 4.98 Å². The lowest BCUT2D eigenvalue weighted by Gasteiger charge is -2.01. The van der Waals surface area contributed by atoms with E-state index in [2.05, 4.69) is 10.1 Å². The van der Waals surface area contributed by atoms with E-state index < -0.39 is 0 Å². The van der Waals surface area contributed by atoms with Gasteiger partial charge in [0.1, 0.15) is 5.82 Å². The van der Waals surface area contributed by atoms with E-state index in [0.717, 1.165) is 11.1 Å². The van der Waals surface area contributed by atoms with Crippen LogP contribution in [0.5, 0.6) is 0 Å². The molecule has 0 unspecified atom stereocenters. The van der Waals surface area contributed by atoms with Gasteiger partial charge in [-0.15, -0.1) is 5.10 Å². The highest BCUT2D eigenvalue weighted by Gasteiger charge is 2.11. The van der Waals surface area contributed by atoms with E-state index in [1.54, 1.807) is 12.1 Å². The summed E-state index contributed by atoms with van der Waals surface area (Å²) < 4.78 is 14.4. The summed E-state index contributed by atoms with van der Waals surface area (Å²) >= 11 is 6.10. The number of rotatable bonds is 2. The normalized spacial score (nSPS) is 10.8. The second-order valence-corrected chi connectivity index (χ2v) is 4.80. The van der Waals surface area contributed by atoms with E-state index in [4.69, 9.17) is 11.6 Å². The van der Waals surface area contributed by atoms with Crippen molar-refractivity contribution < 1.29 is 4.39 Å². The molecule has 0 saturated carbocycles. The quantitative estimate of drug-likeness (QED) is 0.712. The number of nitrogens with zero attached hydrogens (tertiary/aromatic N) is 3. The fourth-order valence-electron chi connectivity index (χ4n) is 1.95. The highest BCUT2D eigenvalue weighted by atomic mass is 35.5. The van der Waals surface area contributed by atoms with Gasteiger partial charge in [0.15, 0.2) is 5.82 Å². The van der Waals surface area contributed by atoms with Gasteiger partial charge in [-0.1, -0.05) is 23.8 Å². The van der Waals surface area contributed by atoms with Gasteiger partial charge in [0.05, 0.1) is 5.69 Å². The third-order valence-corrected chi connectivity index (χ3v) is 3.16. The van der Waals surface area contributed by atoms with Crippen molar-refractivity contribution in [1.82, 2.24) is 14.8 Å². The molecule has 5 heteroatoms. The second-order valence-electron chi connectivity index (χ2n) is 4.46. The Labute approximate surface area is 120 Å². The molecule has 3 rings (SSSR count). The van der Waals surface area contributed by atoms with E-state index >= 15 is 0 Å². The molecule has 100 valence electrons. The minimum atomic E-state index is -0.302. The highest BCUT2D eigenvalue weighted by molar-refractivity contribution is 6.28. The summed E-state index contributed by atoms with van der Waals surface area (Å²) in [6, 6.07) is 13.8. The molecule has 0 amide bonds. The Bertz CT molecular complexity index is 750. The lowest BCUT2D eigenvalue weighted by atomic mass is 10.1. The number of hydrogen-bond acceptors (Lipinski definition) is 2. The molecule has 0 spiro atoms. The molecule has 1 heterocycles. The summed E-state index contributed by atoms with van der Waals surface area (Å²) in [5, 5.41) is 4.62. The molecule has 0 bridgehead atoms. The molecular formula is C15H11ClFN3. The van der Waals surface area contributed by atoms with E-state index in [1.807, 2.05) is 31.2 Å². The predicted molar refractivity (Wildman–Crippen MR) is 76.5 cm³/mol. The van der Waals surface area contributed by atoms with Gasteiger partial charge >= 0.3 is 0 Å². The minimum Gasteiger partial charge on any atom is -0.207 e. The first-order chi connectivity index (χ1) is 9.63. The first-order valence-corrected chi connectivity index (χ1v) is 6.47. The zero-order valence-corrected chi connectivity index (χ0v) is 11.5. The van der Waals surface area contributed by atoms with Crippen LogP contribution >= 0.6 is 11.6 Å². The topological polar surface area (TPSA) is 30.7 Å². The smallest absolute Gasteiger partial charge is 0.207 e. The number of aromatic nitrogens is 3. The van der Waals surface area contributed by atoms with Crippen molar-refractivity contribution in [2.24, 2.45) is 0 Å². The average Bonchev–Trinajstić information content (AvgIpc) is 2.82. The van der Waals surface area contributed by atoms with Crippen LogP contribution in [0.3, 0.4) is 0 Å². The molecule has 0 aliphatic carbocycles. The monoisotopic (exact) mass is 287 g/mol. The summed E-state index contributed by atoms with van der Waals surface area (Å²) in [4.78, 5) is 4.24. The molecule has 0 aliphatic heterocycles. The molecule has 0 fully saturated rings. The fourth-order valence-corrected chi connectivity index (χ4v) is 2.16. The largest absolute Gasteiger partial charge is 0.226 e. The predicted octanol–water partition coefficient (Wildman–Crippen LogP) is 4.04. The first-order valence-electron chi connectivity index (χ1n) is 6.09. The third kappa shape index (κ3) is 2.42. The average molecular weight is 288 g/mol. The third-order valence-electron chi connectivity index (χ3n) is 2.92. The Hall–Kier alpha value is -2.20. The Morgan fingerprint density at radius 1 is 1.10 bits per heavy atom. The maximum absolute atomic E-state index is 12.9.